The molecule has 0 spiro atoms. The first-order chi connectivity index (χ1) is 9.81. The van der Waals surface area contributed by atoms with Crippen LogP contribution in [0.4, 0.5) is 0 Å². The SMILES string of the molecule is CCCNC1CCCC1CCN(C)C1CCCCCC1. The normalized spacial score (nSPS) is 28.9. The van der Waals surface area contributed by atoms with Crippen LogP contribution in [0.5, 0.6) is 0 Å². The van der Waals surface area contributed by atoms with Crippen LogP contribution in [0.15, 0.2) is 0 Å². The summed E-state index contributed by atoms with van der Waals surface area (Å²) < 4.78 is 0. The molecule has 2 nitrogen and oxygen atoms in total. The zero-order valence-corrected chi connectivity index (χ0v) is 13.9. The molecule has 2 aliphatic rings. The van der Waals surface area contributed by atoms with E-state index in [1.807, 2.05) is 0 Å². The summed E-state index contributed by atoms with van der Waals surface area (Å²) in [6.45, 7) is 4.80. The average molecular weight is 280 g/mol. The Morgan fingerprint density at radius 1 is 0.950 bits per heavy atom. The molecule has 0 bridgehead atoms. The second-order valence-electron chi connectivity index (χ2n) is 7.17. The molecule has 0 saturated heterocycles. The molecule has 20 heavy (non-hydrogen) atoms. The van der Waals surface area contributed by atoms with Crippen LogP contribution in [0.25, 0.3) is 0 Å². The molecule has 2 aliphatic carbocycles. The van der Waals surface area contributed by atoms with E-state index in [1.165, 1.54) is 83.7 Å². The van der Waals surface area contributed by atoms with Crippen molar-refractivity contribution in [2.75, 3.05) is 20.1 Å². The first-order valence-electron chi connectivity index (χ1n) is 9.25. The summed E-state index contributed by atoms with van der Waals surface area (Å²) in [6, 6.07) is 1.69. The van der Waals surface area contributed by atoms with Gasteiger partial charge in [0.2, 0.25) is 0 Å². The molecular weight excluding hydrogens is 244 g/mol. The Labute approximate surface area is 126 Å². The molecule has 2 rings (SSSR count). The van der Waals surface area contributed by atoms with E-state index in [9.17, 15) is 0 Å². The fourth-order valence-electron chi connectivity index (χ4n) is 4.23. The van der Waals surface area contributed by atoms with Gasteiger partial charge in [-0.3, -0.25) is 0 Å². The monoisotopic (exact) mass is 280 g/mol. The van der Waals surface area contributed by atoms with Gasteiger partial charge in [-0.05, 0) is 64.6 Å². The highest BCUT2D eigenvalue weighted by molar-refractivity contribution is 4.84. The molecule has 0 aromatic rings. The van der Waals surface area contributed by atoms with Gasteiger partial charge in [0.25, 0.3) is 0 Å². The zero-order chi connectivity index (χ0) is 14.2. The Morgan fingerprint density at radius 3 is 2.40 bits per heavy atom. The van der Waals surface area contributed by atoms with Gasteiger partial charge in [-0.1, -0.05) is 39.0 Å². The predicted octanol–water partition coefficient (Wildman–Crippen LogP) is 4.20. The van der Waals surface area contributed by atoms with Crippen LogP contribution in [0.2, 0.25) is 0 Å². The van der Waals surface area contributed by atoms with E-state index < -0.39 is 0 Å². The Hall–Kier alpha value is -0.0800. The maximum atomic E-state index is 3.78. The van der Waals surface area contributed by atoms with Crippen LogP contribution in [0, 0.1) is 5.92 Å². The first kappa shape index (κ1) is 16.3. The largest absolute Gasteiger partial charge is 0.314 e. The van der Waals surface area contributed by atoms with Gasteiger partial charge < -0.3 is 10.2 Å². The Morgan fingerprint density at radius 2 is 1.70 bits per heavy atom. The standard InChI is InChI=1S/C18H36N2/c1-3-14-19-18-12-8-9-16(18)13-15-20(2)17-10-6-4-5-7-11-17/h16-19H,3-15H2,1-2H3. The van der Waals surface area contributed by atoms with Crippen LogP contribution < -0.4 is 5.32 Å². The van der Waals surface area contributed by atoms with Crippen molar-refractivity contribution in [3.05, 3.63) is 0 Å². The van der Waals surface area contributed by atoms with E-state index in [2.05, 4.69) is 24.2 Å². The van der Waals surface area contributed by atoms with Crippen LogP contribution in [-0.2, 0) is 0 Å². The fourth-order valence-corrected chi connectivity index (χ4v) is 4.23. The molecule has 2 unspecified atom stereocenters. The molecule has 0 aromatic heterocycles. The van der Waals surface area contributed by atoms with Crippen molar-refractivity contribution < 1.29 is 0 Å². The molecule has 0 aromatic carbocycles. The molecule has 0 aliphatic heterocycles. The summed E-state index contributed by atoms with van der Waals surface area (Å²) >= 11 is 0. The van der Waals surface area contributed by atoms with Gasteiger partial charge >= 0.3 is 0 Å². The van der Waals surface area contributed by atoms with Crippen molar-refractivity contribution in [1.29, 1.82) is 0 Å². The Bertz CT molecular complexity index is 246. The maximum Gasteiger partial charge on any atom is 0.00958 e. The number of rotatable bonds is 7. The molecule has 2 saturated carbocycles. The van der Waals surface area contributed by atoms with Crippen molar-refractivity contribution in [1.82, 2.24) is 10.2 Å². The molecule has 2 heteroatoms. The van der Waals surface area contributed by atoms with Gasteiger partial charge in [0.05, 0.1) is 0 Å². The third kappa shape index (κ3) is 5.04. The average Bonchev–Trinajstić information content (AvgIpc) is 2.73. The minimum absolute atomic E-state index is 0.817. The van der Waals surface area contributed by atoms with Gasteiger partial charge in [-0.2, -0.15) is 0 Å². The third-order valence-electron chi connectivity index (χ3n) is 5.62. The van der Waals surface area contributed by atoms with Crippen molar-refractivity contribution in [2.24, 2.45) is 5.92 Å². The Balaban J connectivity index is 1.70. The summed E-state index contributed by atoms with van der Waals surface area (Å²) in [5.74, 6) is 0.940. The summed E-state index contributed by atoms with van der Waals surface area (Å²) in [6.07, 6.45) is 15.7. The molecule has 2 fully saturated rings. The van der Waals surface area contributed by atoms with Gasteiger partial charge in [0, 0.05) is 12.1 Å². The second kappa shape index (κ2) is 9.04. The molecular formula is C18H36N2. The Kier molecular flexibility index (Phi) is 7.37. The quantitative estimate of drug-likeness (QED) is 0.703. The zero-order valence-electron chi connectivity index (χ0n) is 13.9. The topological polar surface area (TPSA) is 15.3 Å². The first-order valence-corrected chi connectivity index (χ1v) is 9.25. The molecule has 0 heterocycles. The van der Waals surface area contributed by atoms with E-state index in [-0.39, 0.29) is 0 Å². The smallest absolute Gasteiger partial charge is 0.00958 e. The second-order valence-corrected chi connectivity index (χ2v) is 7.17. The van der Waals surface area contributed by atoms with Crippen molar-refractivity contribution in [3.63, 3.8) is 0 Å². The molecule has 0 amide bonds. The van der Waals surface area contributed by atoms with Crippen LogP contribution >= 0.6 is 0 Å². The minimum Gasteiger partial charge on any atom is -0.314 e. The molecule has 0 radical (unpaired) electrons. The molecule has 118 valence electrons. The highest BCUT2D eigenvalue weighted by atomic mass is 15.1. The lowest BCUT2D eigenvalue weighted by Crippen LogP contribution is -2.37. The lowest BCUT2D eigenvalue weighted by molar-refractivity contribution is 0.200. The van der Waals surface area contributed by atoms with Crippen molar-refractivity contribution in [2.45, 2.75) is 89.6 Å². The van der Waals surface area contributed by atoms with E-state index in [1.54, 1.807) is 0 Å². The van der Waals surface area contributed by atoms with E-state index in [4.69, 9.17) is 0 Å². The number of hydrogen-bond acceptors (Lipinski definition) is 2. The summed E-state index contributed by atoms with van der Waals surface area (Å²) in [7, 11) is 2.37. The van der Waals surface area contributed by atoms with Crippen molar-refractivity contribution >= 4 is 0 Å². The number of hydrogen-bond donors (Lipinski definition) is 1. The lowest BCUT2D eigenvalue weighted by Gasteiger charge is -2.29. The van der Waals surface area contributed by atoms with Gasteiger partial charge in [0.1, 0.15) is 0 Å². The molecule has 1 N–H and O–H groups in total. The third-order valence-corrected chi connectivity index (χ3v) is 5.62. The van der Waals surface area contributed by atoms with Crippen molar-refractivity contribution in [3.8, 4) is 0 Å². The number of nitrogens with zero attached hydrogens (tertiary/aromatic N) is 1. The highest BCUT2D eigenvalue weighted by Crippen LogP contribution is 2.29. The van der Waals surface area contributed by atoms with E-state index in [0.29, 0.717) is 0 Å². The summed E-state index contributed by atoms with van der Waals surface area (Å²) in [5, 5.41) is 3.78. The number of nitrogens with one attached hydrogen (secondary N) is 1. The minimum atomic E-state index is 0.817. The highest BCUT2D eigenvalue weighted by Gasteiger charge is 2.27. The van der Waals surface area contributed by atoms with Gasteiger partial charge in [0.15, 0.2) is 0 Å². The lowest BCUT2D eigenvalue weighted by atomic mass is 9.98. The van der Waals surface area contributed by atoms with Gasteiger partial charge in [-0.15, -0.1) is 0 Å². The van der Waals surface area contributed by atoms with Crippen LogP contribution in [0.3, 0.4) is 0 Å². The summed E-state index contributed by atoms with van der Waals surface area (Å²) in [5.41, 5.74) is 0. The maximum absolute atomic E-state index is 3.78. The fraction of sp³-hybridized carbons (Fsp3) is 1.00. The van der Waals surface area contributed by atoms with Gasteiger partial charge in [-0.25, -0.2) is 0 Å². The predicted molar refractivity (Wildman–Crippen MR) is 88.2 cm³/mol. The van der Waals surface area contributed by atoms with Crippen LogP contribution in [-0.4, -0.2) is 37.1 Å². The van der Waals surface area contributed by atoms with E-state index in [0.717, 1.165) is 18.0 Å². The van der Waals surface area contributed by atoms with Crippen LogP contribution in [0.1, 0.15) is 77.6 Å². The summed E-state index contributed by atoms with van der Waals surface area (Å²) in [4.78, 5) is 2.68. The van der Waals surface area contributed by atoms with E-state index >= 15 is 0 Å². The molecule has 2 atom stereocenters.